The van der Waals surface area contributed by atoms with Gasteiger partial charge in [-0.15, -0.1) is 0 Å². The first-order valence-corrected chi connectivity index (χ1v) is 8.56. The molecular formula is C18H25N3O4. The molecule has 3 amide bonds. The number of ether oxygens (including phenoxy) is 1. The molecule has 0 aromatic heterocycles. The first-order valence-electron chi connectivity index (χ1n) is 8.56. The Labute approximate surface area is 147 Å². The van der Waals surface area contributed by atoms with Crippen LogP contribution in [-0.4, -0.2) is 60.5 Å². The molecule has 1 unspecified atom stereocenters. The van der Waals surface area contributed by atoms with Crippen LogP contribution in [0.1, 0.15) is 20.3 Å². The van der Waals surface area contributed by atoms with Crippen molar-refractivity contribution in [1.29, 1.82) is 0 Å². The SMILES string of the molecule is CCC(C)C(=O)OCC(=O)N1CCN(C(=O)Nc2ccccc2)CC1. The summed E-state index contributed by atoms with van der Waals surface area (Å²) in [5, 5.41) is 2.83. The first-order chi connectivity index (χ1) is 12.0. The number of rotatable bonds is 5. The van der Waals surface area contributed by atoms with E-state index in [0.717, 1.165) is 5.69 Å². The largest absolute Gasteiger partial charge is 0.455 e. The lowest BCUT2D eigenvalue weighted by Gasteiger charge is -2.34. The second kappa shape index (κ2) is 9.05. The summed E-state index contributed by atoms with van der Waals surface area (Å²) in [6, 6.07) is 9.06. The van der Waals surface area contributed by atoms with E-state index in [1.807, 2.05) is 37.3 Å². The van der Waals surface area contributed by atoms with E-state index in [1.54, 1.807) is 16.7 Å². The Balaban J connectivity index is 1.74. The van der Waals surface area contributed by atoms with Gasteiger partial charge in [0.1, 0.15) is 0 Å². The topological polar surface area (TPSA) is 79.0 Å². The number of nitrogens with zero attached hydrogens (tertiary/aromatic N) is 2. The number of nitrogens with one attached hydrogen (secondary N) is 1. The molecule has 0 aliphatic carbocycles. The number of anilines is 1. The number of hydrogen-bond acceptors (Lipinski definition) is 4. The number of urea groups is 1. The van der Waals surface area contributed by atoms with E-state index in [2.05, 4.69) is 5.32 Å². The average Bonchev–Trinajstić information content (AvgIpc) is 2.66. The maximum absolute atomic E-state index is 12.2. The molecule has 0 saturated carbocycles. The number of carbonyl (C=O) groups is 3. The van der Waals surface area contributed by atoms with Gasteiger partial charge in [0.2, 0.25) is 0 Å². The lowest BCUT2D eigenvalue weighted by atomic mass is 10.1. The van der Waals surface area contributed by atoms with Crippen LogP contribution >= 0.6 is 0 Å². The van der Waals surface area contributed by atoms with Crippen molar-refractivity contribution in [2.45, 2.75) is 20.3 Å². The molecule has 1 aromatic carbocycles. The number of para-hydroxylation sites is 1. The number of carbonyl (C=O) groups excluding carboxylic acids is 3. The predicted molar refractivity (Wildman–Crippen MR) is 94.0 cm³/mol. The molecule has 0 bridgehead atoms. The minimum Gasteiger partial charge on any atom is -0.455 e. The zero-order valence-corrected chi connectivity index (χ0v) is 14.7. The van der Waals surface area contributed by atoms with E-state index >= 15 is 0 Å². The fourth-order valence-electron chi connectivity index (χ4n) is 2.42. The van der Waals surface area contributed by atoms with Crippen LogP contribution in [0.2, 0.25) is 0 Å². The van der Waals surface area contributed by atoms with Crippen molar-refractivity contribution in [3.8, 4) is 0 Å². The van der Waals surface area contributed by atoms with E-state index in [1.165, 1.54) is 0 Å². The van der Waals surface area contributed by atoms with Gasteiger partial charge in [0.05, 0.1) is 5.92 Å². The van der Waals surface area contributed by atoms with Gasteiger partial charge in [-0.3, -0.25) is 9.59 Å². The third-order valence-corrected chi connectivity index (χ3v) is 4.30. The molecule has 1 fully saturated rings. The third kappa shape index (κ3) is 5.48. The van der Waals surface area contributed by atoms with Gasteiger partial charge in [-0.2, -0.15) is 0 Å². The first kappa shape index (κ1) is 18.8. The molecule has 1 atom stereocenters. The molecule has 7 heteroatoms. The van der Waals surface area contributed by atoms with Crippen LogP contribution in [0.3, 0.4) is 0 Å². The van der Waals surface area contributed by atoms with Gasteiger partial charge in [0.15, 0.2) is 6.61 Å². The van der Waals surface area contributed by atoms with Gasteiger partial charge in [-0.1, -0.05) is 32.0 Å². The zero-order valence-electron chi connectivity index (χ0n) is 14.7. The molecule has 1 aliphatic rings. The number of benzene rings is 1. The molecular weight excluding hydrogens is 322 g/mol. The fourth-order valence-corrected chi connectivity index (χ4v) is 2.42. The highest BCUT2D eigenvalue weighted by Crippen LogP contribution is 2.09. The summed E-state index contributed by atoms with van der Waals surface area (Å²) in [4.78, 5) is 39.2. The zero-order chi connectivity index (χ0) is 18.2. The highest BCUT2D eigenvalue weighted by molar-refractivity contribution is 5.89. The van der Waals surface area contributed by atoms with Gasteiger partial charge >= 0.3 is 12.0 Å². The van der Waals surface area contributed by atoms with Crippen molar-refractivity contribution >= 4 is 23.6 Å². The molecule has 7 nitrogen and oxygen atoms in total. The second-order valence-electron chi connectivity index (χ2n) is 6.08. The number of piperazine rings is 1. The van der Waals surface area contributed by atoms with Gasteiger partial charge < -0.3 is 19.9 Å². The van der Waals surface area contributed by atoms with Gasteiger partial charge in [-0.25, -0.2) is 4.79 Å². The van der Waals surface area contributed by atoms with Gasteiger partial charge in [0.25, 0.3) is 5.91 Å². The molecule has 1 saturated heterocycles. The van der Waals surface area contributed by atoms with E-state index < -0.39 is 0 Å². The Morgan fingerprint density at radius 2 is 1.68 bits per heavy atom. The Morgan fingerprint density at radius 1 is 1.08 bits per heavy atom. The van der Waals surface area contributed by atoms with E-state index in [-0.39, 0.29) is 30.4 Å². The van der Waals surface area contributed by atoms with Crippen molar-refractivity contribution in [1.82, 2.24) is 9.80 Å². The normalized spacial score (nSPS) is 15.4. The maximum Gasteiger partial charge on any atom is 0.321 e. The molecule has 1 heterocycles. The minimum atomic E-state index is -0.350. The summed E-state index contributed by atoms with van der Waals surface area (Å²) in [7, 11) is 0. The minimum absolute atomic E-state index is 0.179. The predicted octanol–water partition coefficient (Wildman–Crippen LogP) is 1.95. The summed E-state index contributed by atoms with van der Waals surface area (Å²) >= 11 is 0. The highest BCUT2D eigenvalue weighted by Gasteiger charge is 2.25. The van der Waals surface area contributed by atoms with Gasteiger partial charge in [-0.05, 0) is 18.6 Å². The van der Waals surface area contributed by atoms with Crippen molar-refractivity contribution in [3.05, 3.63) is 30.3 Å². The second-order valence-corrected chi connectivity index (χ2v) is 6.08. The number of hydrogen-bond donors (Lipinski definition) is 1. The Morgan fingerprint density at radius 3 is 2.28 bits per heavy atom. The van der Waals surface area contributed by atoms with Gasteiger partial charge in [0, 0.05) is 31.9 Å². The smallest absolute Gasteiger partial charge is 0.321 e. The summed E-state index contributed by atoms with van der Waals surface area (Å²) in [5.74, 6) is -0.775. The van der Waals surface area contributed by atoms with Crippen molar-refractivity contribution in [2.24, 2.45) is 5.92 Å². The molecule has 1 aliphatic heterocycles. The Kier molecular flexibility index (Phi) is 6.80. The van der Waals surface area contributed by atoms with E-state index in [9.17, 15) is 14.4 Å². The Hall–Kier alpha value is -2.57. The van der Waals surface area contributed by atoms with Crippen LogP contribution < -0.4 is 5.32 Å². The number of esters is 1. The lowest BCUT2D eigenvalue weighted by molar-refractivity contribution is -0.155. The standard InChI is InChI=1S/C18H25N3O4/c1-3-14(2)17(23)25-13-16(22)20-9-11-21(12-10-20)18(24)19-15-7-5-4-6-8-15/h4-8,14H,3,9-13H2,1-2H3,(H,19,24). The van der Waals surface area contributed by atoms with Crippen molar-refractivity contribution in [3.63, 3.8) is 0 Å². The summed E-state index contributed by atoms with van der Waals surface area (Å²) in [5.41, 5.74) is 0.739. The lowest BCUT2D eigenvalue weighted by Crippen LogP contribution is -2.52. The van der Waals surface area contributed by atoms with Crippen molar-refractivity contribution in [2.75, 3.05) is 38.1 Å². The average molecular weight is 347 g/mol. The summed E-state index contributed by atoms with van der Waals surface area (Å²) < 4.78 is 5.04. The molecule has 1 aromatic rings. The molecule has 2 rings (SSSR count). The molecule has 0 radical (unpaired) electrons. The quantitative estimate of drug-likeness (QED) is 0.826. The molecule has 25 heavy (non-hydrogen) atoms. The summed E-state index contributed by atoms with van der Waals surface area (Å²) in [6.07, 6.45) is 0.683. The summed E-state index contributed by atoms with van der Waals surface area (Å²) in [6.45, 7) is 5.20. The van der Waals surface area contributed by atoms with E-state index in [0.29, 0.717) is 32.6 Å². The molecule has 1 N–H and O–H groups in total. The van der Waals surface area contributed by atoms with Crippen LogP contribution in [-0.2, 0) is 14.3 Å². The monoisotopic (exact) mass is 347 g/mol. The van der Waals surface area contributed by atoms with Crippen LogP contribution in [0.4, 0.5) is 10.5 Å². The fraction of sp³-hybridized carbons (Fsp3) is 0.500. The molecule has 136 valence electrons. The van der Waals surface area contributed by atoms with Crippen LogP contribution in [0.15, 0.2) is 30.3 Å². The van der Waals surface area contributed by atoms with Crippen molar-refractivity contribution < 1.29 is 19.1 Å². The highest BCUT2D eigenvalue weighted by atomic mass is 16.5. The van der Waals surface area contributed by atoms with Crippen LogP contribution in [0.25, 0.3) is 0 Å². The molecule has 0 spiro atoms. The third-order valence-electron chi connectivity index (χ3n) is 4.30. The number of amides is 3. The maximum atomic E-state index is 12.2. The Bertz CT molecular complexity index is 598. The van der Waals surface area contributed by atoms with Crippen LogP contribution in [0.5, 0.6) is 0 Å². The van der Waals surface area contributed by atoms with Crippen LogP contribution in [0, 0.1) is 5.92 Å². The van der Waals surface area contributed by atoms with E-state index in [4.69, 9.17) is 4.74 Å².